The molecule has 1 amide bonds. The summed E-state index contributed by atoms with van der Waals surface area (Å²) in [5.74, 6) is 0.928. The van der Waals surface area contributed by atoms with Gasteiger partial charge in [0, 0.05) is 84.1 Å². The fraction of sp³-hybridized carbons (Fsp3) is 0.774. The van der Waals surface area contributed by atoms with Gasteiger partial charge in [-0.1, -0.05) is 64.7 Å². The van der Waals surface area contributed by atoms with Crippen LogP contribution < -0.4 is 31.3 Å². The molecule has 39 heavy (non-hydrogen) atoms. The molecule has 2 rings (SSSR count). The lowest BCUT2D eigenvalue weighted by Crippen LogP contribution is -2.43. The quantitative estimate of drug-likeness (QED) is 0.242. The third kappa shape index (κ3) is 17.6. The number of nitrogens with zero attached hydrogens (tertiary/aromatic N) is 1. The van der Waals surface area contributed by atoms with Gasteiger partial charge in [-0.15, -0.1) is 0 Å². The molecule has 1 saturated heterocycles. The third-order valence-electron chi connectivity index (χ3n) is 7.19. The van der Waals surface area contributed by atoms with Crippen LogP contribution in [0.2, 0.25) is 0 Å². The highest BCUT2D eigenvalue weighted by molar-refractivity contribution is 5.94. The Labute approximate surface area is 238 Å². The van der Waals surface area contributed by atoms with Crippen LogP contribution in [0.1, 0.15) is 81.5 Å². The number of benzene rings is 1. The summed E-state index contributed by atoms with van der Waals surface area (Å²) in [5.41, 5.74) is 0.722. The van der Waals surface area contributed by atoms with E-state index in [9.17, 15) is 4.79 Å². The number of carbonyl (C=O) groups excluding carboxylic acids is 1. The number of hydrogen-bond donors (Lipinski definition) is 5. The Morgan fingerprint density at radius 1 is 0.615 bits per heavy atom. The minimum Gasteiger partial charge on any atom is -0.494 e. The standard InChI is InChI=1S/C31H58N6O2/c1-2-3-4-5-6-7-8-9-10-11-28-39-30-14-12-29(13-15-30)31(38)37-26-24-35-22-20-33-18-16-32-17-19-34-21-23-36-25-27-37/h12-15,32-36H,2-11,16-28H2,1H3. The maximum atomic E-state index is 13.3. The molecule has 1 heterocycles. The lowest BCUT2D eigenvalue weighted by molar-refractivity contribution is 0.0758. The van der Waals surface area contributed by atoms with Crippen LogP contribution in [0.4, 0.5) is 0 Å². The number of carbonyl (C=O) groups is 1. The molecule has 1 aliphatic heterocycles. The molecule has 0 bridgehead atoms. The van der Waals surface area contributed by atoms with Crippen molar-refractivity contribution in [3.63, 3.8) is 0 Å². The first kappa shape index (κ1) is 33.5. The summed E-state index contributed by atoms with van der Waals surface area (Å²) < 4.78 is 5.95. The van der Waals surface area contributed by atoms with Gasteiger partial charge in [0.15, 0.2) is 0 Å². The lowest BCUT2D eigenvalue weighted by Gasteiger charge is -2.24. The van der Waals surface area contributed by atoms with E-state index in [4.69, 9.17) is 4.74 Å². The van der Waals surface area contributed by atoms with Crippen molar-refractivity contribution in [2.75, 3.05) is 85.1 Å². The van der Waals surface area contributed by atoms with E-state index in [1.807, 2.05) is 29.2 Å². The van der Waals surface area contributed by atoms with Crippen molar-refractivity contribution < 1.29 is 9.53 Å². The highest BCUT2D eigenvalue weighted by Crippen LogP contribution is 2.15. The van der Waals surface area contributed by atoms with Crippen molar-refractivity contribution in [3.8, 4) is 5.75 Å². The molecule has 0 unspecified atom stereocenters. The Hall–Kier alpha value is -1.71. The summed E-state index contributed by atoms with van der Waals surface area (Å²) in [6, 6.07) is 7.69. The molecule has 5 N–H and O–H groups in total. The summed E-state index contributed by atoms with van der Waals surface area (Å²) in [5, 5.41) is 17.2. The van der Waals surface area contributed by atoms with Gasteiger partial charge in [-0.3, -0.25) is 4.79 Å². The smallest absolute Gasteiger partial charge is 0.253 e. The minimum absolute atomic E-state index is 0.0802. The molecule has 1 aromatic rings. The minimum atomic E-state index is 0.0802. The van der Waals surface area contributed by atoms with Crippen LogP contribution in [0, 0.1) is 0 Å². The maximum Gasteiger partial charge on any atom is 0.253 e. The zero-order valence-corrected chi connectivity index (χ0v) is 24.8. The summed E-state index contributed by atoms with van der Waals surface area (Å²) >= 11 is 0. The molecule has 8 nitrogen and oxygen atoms in total. The van der Waals surface area contributed by atoms with E-state index in [0.29, 0.717) is 13.1 Å². The Kier molecular flexibility index (Phi) is 20.7. The number of nitrogens with one attached hydrogen (secondary N) is 5. The second-order valence-electron chi connectivity index (χ2n) is 10.6. The van der Waals surface area contributed by atoms with Crippen molar-refractivity contribution in [2.45, 2.75) is 71.1 Å². The average molecular weight is 547 g/mol. The van der Waals surface area contributed by atoms with Gasteiger partial charge in [-0.25, -0.2) is 0 Å². The van der Waals surface area contributed by atoms with E-state index in [-0.39, 0.29) is 5.91 Å². The van der Waals surface area contributed by atoms with Gasteiger partial charge in [0.05, 0.1) is 6.61 Å². The molecule has 0 aromatic heterocycles. The van der Waals surface area contributed by atoms with E-state index in [2.05, 4.69) is 33.5 Å². The van der Waals surface area contributed by atoms with E-state index in [0.717, 1.165) is 89.8 Å². The molecule has 0 atom stereocenters. The molecular weight excluding hydrogens is 488 g/mol. The monoisotopic (exact) mass is 546 g/mol. The predicted molar refractivity (Wildman–Crippen MR) is 164 cm³/mol. The van der Waals surface area contributed by atoms with E-state index >= 15 is 0 Å². The predicted octanol–water partition coefficient (Wildman–Crippen LogP) is 3.39. The SMILES string of the molecule is CCCCCCCCCCCCOc1ccc(C(=O)N2CCNCCNCCNCCNCCNCC2)cc1. The normalized spacial score (nSPS) is 17.3. The summed E-state index contributed by atoms with van der Waals surface area (Å²) in [6.45, 7) is 13.5. The topological polar surface area (TPSA) is 89.7 Å². The molecule has 1 fully saturated rings. The van der Waals surface area contributed by atoms with Gasteiger partial charge in [0.1, 0.15) is 5.75 Å². The lowest BCUT2D eigenvalue weighted by atomic mass is 10.1. The van der Waals surface area contributed by atoms with Gasteiger partial charge in [-0.2, -0.15) is 0 Å². The fourth-order valence-corrected chi connectivity index (χ4v) is 4.73. The van der Waals surface area contributed by atoms with Crippen LogP contribution in [0.25, 0.3) is 0 Å². The van der Waals surface area contributed by atoms with Crippen LogP contribution in [0.3, 0.4) is 0 Å². The largest absolute Gasteiger partial charge is 0.494 e. The maximum absolute atomic E-state index is 13.3. The molecule has 8 heteroatoms. The molecule has 224 valence electrons. The first-order valence-corrected chi connectivity index (χ1v) is 15.9. The number of rotatable bonds is 13. The zero-order chi connectivity index (χ0) is 27.6. The Balaban J connectivity index is 1.68. The van der Waals surface area contributed by atoms with E-state index in [1.54, 1.807) is 0 Å². The number of amides is 1. The molecule has 0 saturated carbocycles. The van der Waals surface area contributed by atoms with Gasteiger partial charge >= 0.3 is 0 Å². The van der Waals surface area contributed by atoms with Gasteiger partial charge in [0.25, 0.3) is 5.91 Å². The first-order valence-electron chi connectivity index (χ1n) is 15.9. The number of hydrogen-bond acceptors (Lipinski definition) is 7. The van der Waals surface area contributed by atoms with E-state index < -0.39 is 0 Å². The van der Waals surface area contributed by atoms with Crippen LogP contribution >= 0.6 is 0 Å². The second kappa shape index (κ2) is 24.1. The number of unbranched alkanes of at least 4 members (excludes halogenated alkanes) is 9. The summed E-state index contributed by atoms with van der Waals surface area (Å²) in [7, 11) is 0. The average Bonchev–Trinajstić information content (AvgIpc) is 2.96. The van der Waals surface area contributed by atoms with Gasteiger partial charge < -0.3 is 36.2 Å². The number of ether oxygens (including phenoxy) is 1. The Bertz CT molecular complexity index is 685. The summed E-state index contributed by atoms with van der Waals surface area (Å²) in [4.78, 5) is 15.2. The van der Waals surface area contributed by atoms with Crippen LogP contribution in [-0.2, 0) is 0 Å². The Morgan fingerprint density at radius 2 is 1.03 bits per heavy atom. The van der Waals surface area contributed by atoms with Crippen molar-refractivity contribution >= 4 is 5.91 Å². The zero-order valence-electron chi connectivity index (χ0n) is 24.8. The highest BCUT2D eigenvalue weighted by atomic mass is 16.5. The van der Waals surface area contributed by atoms with Crippen LogP contribution in [0.5, 0.6) is 5.75 Å². The first-order chi connectivity index (χ1) is 19.3. The third-order valence-corrected chi connectivity index (χ3v) is 7.19. The van der Waals surface area contributed by atoms with E-state index in [1.165, 1.54) is 57.8 Å². The molecule has 0 radical (unpaired) electrons. The Morgan fingerprint density at radius 3 is 1.49 bits per heavy atom. The highest BCUT2D eigenvalue weighted by Gasteiger charge is 2.15. The van der Waals surface area contributed by atoms with Gasteiger partial charge in [0.2, 0.25) is 0 Å². The van der Waals surface area contributed by atoms with Crippen molar-refractivity contribution in [1.29, 1.82) is 0 Å². The fourth-order valence-electron chi connectivity index (χ4n) is 4.73. The molecule has 0 spiro atoms. The van der Waals surface area contributed by atoms with Crippen molar-refractivity contribution in [1.82, 2.24) is 31.5 Å². The molecular formula is C31H58N6O2. The van der Waals surface area contributed by atoms with Crippen molar-refractivity contribution in [3.05, 3.63) is 29.8 Å². The molecule has 1 aliphatic rings. The second-order valence-corrected chi connectivity index (χ2v) is 10.6. The van der Waals surface area contributed by atoms with Crippen molar-refractivity contribution in [2.24, 2.45) is 0 Å². The summed E-state index contributed by atoms with van der Waals surface area (Å²) in [6.07, 6.45) is 13.2. The molecule has 1 aromatic carbocycles. The van der Waals surface area contributed by atoms with Crippen LogP contribution in [-0.4, -0.2) is 96.0 Å². The molecule has 0 aliphatic carbocycles. The van der Waals surface area contributed by atoms with Crippen LogP contribution in [0.15, 0.2) is 24.3 Å². The van der Waals surface area contributed by atoms with Gasteiger partial charge in [-0.05, 0) is 30.7 Å².